The normalized spacial score (nSPS) is 11.9. The minimum absolute atomic E-state index is 0.0769. The molecular formula is C13H17BrFNO2. The number of nitrogens with zero attached hydrogens (tertiary/aromatic N) is 1. The summed E-state index contributed by atoms with van der Waals surface area (Å²) in [5, 5.41) is 8.92. The quantitative estimate of drug-likeness (QED) is 0.926. The number of carboxylic acids is 1. The van der Waals surface area contributed by atoms with Gasteiger partial charge in [0.25, 0.3) is 0 Å². The van der Waals surface area contributed by atoms with E-state index in [0.717, 1.165) is 5.56 Å². The Hall–Kier alpha value is -0.940. The highest BCUT2D eigenvalue weighted by atomic mass is 79.9. The maximum atomic E-state index is 13.4. The van der Waals surface area contributed by atoms with Gasteiger partial charge in [-0.05, 0) is 48.3 Å². The van der Waals surface area contributed by atoms with E-state index in [9.17, 15) is 9.18 Å². The molecule has 0 saturated carbocycles. The Morgan fingerprint density at radius 1 is 1.44 bits per heavy atom. The average molecular weight is 318 g/mol. The van der Waals surface area contributed by atoms with Crippen LogP contribution in [-0.4, -0.2) is 28.1 Å². The fourth-order valence-corrected chi connectivity index (χ4v) is 1.96. The number of aliphatic carboxylic acids is 1. The number of carboxylic acid groups (broad SMARTS) is 1. The van der Waals surface area contributed by atoms with Crippen LogP contribution in [0.1, 0.15) is 26.3 Å². The third-order valence-corrected chi connectivity index (χ3v) is 3.56. The summed E-state index contributed by atoms with van der Waals surface area (Å²) >= 11 is 3.19. The van der Waals surface area contributed by atoms with Crippen molar-refractivity contribution in [1.82, 2.24) is 4.90 Å². The minimum Gasteiger partial charge on any atom is -0.480 e. The Morgan fingerprint density at radius 3 is 2.56 bits per heavy atom. The van der Waals surface area contributed by atoms with Crippen molar-refractivity contribution in [2.24, 2.45) is 0 Å². The molecule has 0 aromatic heterocycles. The van der Waals surface area contributed by atoms with Gasteiger partial charge < -0.3 is 5.11 Å². The van der Waals surface area contributed by atoms with Crippen molar-refractivity contribution in [3.63, 3.8) is 0 Å². The van der Waals surface area contributed by atoms with Crippen LogP contribution in [0.3, 0.4) is 0 Å². The van der Waals surface area contributed by atoms with Crippen LogP contribution in [0.25, 0.3) is 0 Å². The van der Waals surface area contributed by atoms with E-state index in [0.29, 0.717) is 11.0 Å². The van der Waals surface area contributed by atoms with Crippen molar-refractivity contribution in [3.05, 3.63) is 34.1 Å². The largest absolute Gasteiger partial charge is 0.480 e. The SMILES string of the molecule is CC(C)(C)N(CC(=O)O)Cc1cccc(F)c1Br. The molecule has 0 bridgehead atoms. The maximum absolute atomic E-state index is 13.4. The third kappa shape index (κ3) is 4.07. The summed E-state index contributed by atoms with van der Waals surface area (Å²) in [7, 11) is 0. The number of benzene rings is 1. The summed E-state index contributed by atoms with van der Waals surface area (Å²) in [5.41, 5.74) is 0.440. The van der Waals surface area contributed by atoms with E-state index < -0.39 is 5.97 Å². The molecule has 18 heavy (non-hydrogen) atoms. The molecule has 1 aromatic carbocycles. The van der Waals surface area contributed by atoms with Gasteiger partial charge in [-0.3, -0.25) is 9.69 Å². The molecule has 0 heterocycles. The third-order valence-electron chi connectivity index (χ3n) is 2.67. The molecule has 0 aliphatic carbocycles. The van der Waals surface area contributed by atoms with E-state index in [4.69, 9.17) is 5.11 Å². The summed E-state index contributed by atoms with van der Waals surface area (Å²) in [6, 6.07) is 4.77. The lowest BCUT2D eigenvalue weighted by molar-refractivity contribution is -0.139. The smallest absolute Gasteiger partial charge is 0.317 e. The molecule has 1 rings (SSSR count). The van der Waals surface area contributed by atoms with Gasteiger partial charge >= 0.3 is 5.97 Å². The van der Waals surface area contributed by atoms with Crippen LogP contribution in [0.4, 0.5) is 4.39 Å². The van der Waals surface area contributed by atoms with E-state index in [1.807, 2.05) is 20.8 Å². The molecule has 0 amide bonds. The standard InChI is InChI=1S/C13H17BrFNO2/c1-13(2,3)16(8-11(17)18)7-9-5-4-6-10(15)12(9)14/h4-6H,7-8H2,1-3H3,(H,17,18). The fraction of sp³-hybridized carbons (Fsp3) is 0.462. The Bertz CT molecular complexity index is 443. The van der Waals surface area contributed by atoms with E-state index in [1.165, 1.54) is 6.07 Å². The number of hydrogen-bond donors (Lipinski definition) is 1. The number of hydrogen-bond acceptors (Lipinski definition) is 2. The average Bonchev–Trinajstić information content (AvgIpc) is 2.21. The van der Waals surface area contributed by atoms with E-state index in [-0.39, 0.29) is 17.9 Å². The molecule has 1 N–H and O–H groups in total. The van der Waals surface area contributed by atoms with E-state index >= 15 is 0 Å². The van der Waals surface area contributed by atoms with Gasteiger partial charge in [0.1, 0.15) is 5.82 Å². The van der Waals surface area contributed by atoms with Gasteiger partial charge in [0.05, 0.1) is 11.0 Å². The summed E-state index contributed by atoms with van der Waals surface area (Å²) in [6.07, 6.45) is 0. The first-order valence-corrected chi connectivity index (χ1v) is 6.41. The lowest BCUT2D eigenvalue weighted by Gasteiger charge is -2.34. The lowest BCUT2D eigenvalue weighted by Crippen LogP contribution is -2.43. The minimum atomic E-state index is -0.891. The van der Waals surface area contributed by atoms with Gasteiger partial charge in [-0.1, -0.05) is 12.1 Å². The second kappa shape index (κ2) is 5.80. The molecule has 0 spiro atoms. The van der Waals surface area contributed by atoms with Gasteiger partial charge in [0, 0.05) is 12.1 Å². The van der Waals surface area contributed by atoms with Gasteiger partial charge in [0.2, 0.25) is 0 Å². The highest BCUT2D eigenvalue weighted by Gasteiger charge is 2.24. The monoisotopic (exact) mass is 317 g/mol. The molecule has 0 aliphatic heterocycles. The van der Waals surface area contributed by atoms with Gasteiger partial charge in [-0.25, -0.2) is 4.39 Å². The highest BCUT2D eigenvalue weighted by molar-refractivity contribution is 9.10. The Balaban J connectivity index is 2.96. The molecule has 1 aromatic rings. The topological polar surface area (TPSA) is 40.5 Å². The lowest BCUT2D eigenvalue weighted by atomic mass is 10.0. The summed E-state index contributed by atoms with van der Waals surface area (Å²) in [6.45, 7) is 6.11. The van der Waals surface area contributed by atoms with E-state index in [2.05, 4.69) is 15.9 Å². The van der Waals surface area contributed by atoms with Gasteiger partial charge in [0.15, 0.2) is 0 Å². The van der Waals surface area contributed by atoms with E-state index in [1.54, 1.807) is 17.0 Å². The molecule has 3 nitrogen and oxygen atoms in total. The number of carbonyl (C=O) groups is 1. The molecule has 0 saturated heterocycles. The number of halogens is 2. The Kier molecular flexibility index (Phi) is 4.87. The highest BCUT2D eigenvalue weighted by Crippen LogP contribution is 2.24. The molecular weight excluding hydrogens is 301 g/mol. The second-order valence-electron chi connectivity index (χ2n) is 5.13. The van der Waals surface area contributed by atoms with Crippen LogP contribution in [0, 0.1) is 5.82 Å². The fourth-order valence-electron chi connectivity index (χ4n) is 1.57. The van der Waals surface area contributed by atoms with Crippen LogP contribution < -0.4 is 0 Å². The van der Waals surface area contributed by atoms with Gasteiger partial charge in [-0.15, -0.1) is 0 Å². The van der Waals surface area contributed by atoms with Crippen molar-refractivity contribution in [2.75, 3.05) is 6.54 Å². The van der Waals surface area contributed by atoms with Crippen molar-refractivity contribution in [2.45, 2.75) is 32.9 Å². The maximum Gasteiger partial charge on any atom is 0.317 e. The summed E-state index contributed by atoms with van der Waals surface area (Å²) in [5.74, 6) is -1.23. The molecule has 0 radical (unpaired) electrons. The molecule has 100 valence electrons. The van der Waals surface area contributed by atoms with Crippen molar-refractivity contribution in [1.29, 1.82) is 0 Å². The summed E-state index contributed by atoms with van der Waals surface area (Å²) in [4.78, 5) is 12.7. The van der Waals surface area contributed by atoms with Crippen LogP contribution in [0.15, 0.2) is 22.7 Å². The second-order valence-corrected chi connectivity index (χ2v) is 5.93. The van der Waals surface area contributed by atoms with Crippen molar-refractivity contribution < 1.29 is 14.3 Å². The first kappa shape index (κ1) is 15.1. The predicted octanol–water partition coefficient (Wildman–Crippen LogP) is 3.27. The predicted molar refractivity (Wildman–Crippen MR) is 71.9 cm³/mol. The molecule has 0 aliphatic rings. The molecule has 5 heteroatoms. The van der Waals surface area contributed by atoms with Crippen LogP contribution in [0.2, 0.25) is 0 Å². The molecule has 0 atom stereocenters. The number of rotatable bonds is 4. The first-order chi connectivity index (χ1) is 8.21. The zero-order valence-corrected chi connectivity index (χ0v) is 12.3. The van der Waals surface area contributed by atoms with Crippen molar-refractivity contribution in [3.8, 4) is 0 Å². The van der Waals surface area contributed by atoms with Crippen LogP contribution in [-0.2, 0) is 11.3 Å². The molecule has 0 fully saturated rings. The Labute approximate surface area is 115 Å². The van der Waals surface area contributed by atoms with Crippen LogP contribution in [0.5, 0.6) is 0 Å². The van der Waals surface area contributed by atoms with Gasteiger partial charge in [-0.2, -0.15) is 0 Å². The first-order valence-electron chi connectivity index (χ1n) is 5.61. The van der Waals surface area contributed by atoms with Crippen molar-refractivity contribution >= 4 is 21.9 Å². The van der Waals surface area contributed by atoms with Crippen LogP contribution >= 0.6 is 15.9 Å². The Morgan fingerprint density at radius 2 is 2.06 bits per heavy atom. The summed E-state index contributed by atoms with van der Waals surface area (Å²) < 4.78 is 13.8. The zero-order valence-electron chi connectivity index (χ0n) is 10.7. The zero-order chi connectivity index (χ0) is 13.9. The molecule has 0 unspecified atom stereocenters.